The maximum atomic E-state index is 10.4. The second-order valence-corrected chi connectivity index (χ2v) is 7.26. The fraction of sp³-hybridized carbons (Fsp3) is 0.833. The van der Waals surface area contributed by atoms with E-state index in [2.05, 4.69) is 19.1 Å². The van der Waals surface area contributed by atoms with Gasteiger partial charge in [0.25, 0.3) is 0 Å². The van der Waals surface area contributed by atoms with Crippen molar-refractivity contribution in [2.24, 2.45) is 11.8 Å². The van der Waals surface area contributed by atoms with Crippen molar-refractivity contribution in [1.29, 1.82) is 0 Å². The SMILES string of the molecule is CCCCCCOC[C@@H]1CSC[C@@H]1C/C=C\CCCC(=O)O. The van der Waals surface area contributed by atoms with Crippen LogP contribution in [0.4, 0.5) is 0 Å². The largest absolute Gasteiger partial charge is 0.481 e. The van der Waals surface area contributed by atoms with E-state index in [1.54, 1.807) is 0 Å². The molecule has 0 aromatic rings. The van der Waals surface area contributed by atoms with E-state index in [4.69, 9.17) is 9.84 Å². The van der Waals surface area contributed by atoms with Crippen molar-refractivity contribution < 1.29 is 14.6 Å². The highest BCUT2D eigenvalue weighted by Gasteiger charge is 2.26. The minimum Gasteiger partial charge on any atom is -0.481 e. The Morgan fingerprint density at radius 3 is 2.77 bits per heavy atom. The monoisotopic (exact) mass is 328 g/mol. The molecular weight excluding hydrogens is 296 g/mol. The second-order valence-electron chi connectivity index (χ2n) is 6.19. The molecule has 0 radical (unpaired) electrons. The third-order valence-electron chi connectivity index (χ3n) is 4.17. The van der Waals surface area contributed by atoms with Crippen LogP contribution in [0, 0.1) is 11.8 Å². The van der Waals surface area contributed by atoms with Crippen LogP contribution in [-0.2, 0) is 9.53 Å². The molecule has 22 heavy (non-hydrogen) atoms. The predicted molar refractivity (Wildman–Crippen MR) is 94.5 cm³/mol. The molecular formula is C18H32O3S. The molecule has 0 spiro atoms. The topological polar surface area (TPSA) is 46.5 Å². The summed E-state index contributed by atoms with van der Waals surface area (Å²) in [6, 6.07) is 0. The summed E-state index contributed by atoms with van der Waals surface area (Å²) in [6.07, 6.45) is 12.5. The van der Waals surface area contributed by atoms with Crippen LogP contribution >= 0.6 is 11.8 Å². The second kappa shape index (κ2) is 13.0. The van der Waals surface area contributed by atoms with Gasteiger partial charge in [0.15, 0.2) is 0 Å². The molecule has 0 unspecified atom stereocenters. The Morgan fingerprint density at radius 2 is 2.00 bits per heavy atom. The number of aliphatic carboxylic acids is 1. The fourth-order valence-electron chi connectivity index (χ4n) is 2.71. The highest BCUT2D eigenvalue weighted by atomic mass is 32.2. The molecule has 128 valence electrons. The molecule has 0 bridgehead atoms. The van der Waals surface area contributed by atoms with Crippen LogP contribution in [0.1, 0.15) is 58.3 Å². The minimum absolute atomic E-state index is 0.276. The van der Waals surface area contributed by atoms with Crippen molar-refractivity contribution in [1.82, 2.24) is 0 Å². The molecule has 0 aliphatic carbocycles. The van der Waals surface area contributed by atoms with Gasteiger partial charge in [-0.25, -0.2) is 0 Å². The minimum atomic E-state index is -0.697. The summed E-state index contributed by atoms with van der Waals surface area (Å²) in [5.41, 5.74) is 0. The molecule has 1 heterocycles. The standard InChI is InChI=1S/C18H32O3S/c1-2-3-4-9-12-21-13-17-15-22-14-16(17)10-7-5-6-8-11-18(19)20/h5,7,16-17H,2-4,6,8-15H2,1H3,(H,19,20)/b7-5-/t16-,17+/m0/s1. The number of thioether (sulfide) groups is 1. The lowest BCUT2D eigenvalue weighted by Crippen LogP contribution is -2.18. The molecule has 3 nitrogen and oxygen atoms in total. The van der Waals surface area contributed by atoms with Crippen LogP contribution in [0.5, 0.6) is 0 Å². The predicted octanol–water partition coefficient (Wildman–Crippen LogP) is 4.76. The van der Waals surface area contributed by atoms with Gasteiger partial charge >= 0.3 is 5.97 Å². The zero-order valence-electron chi connectivity index (χ0n) is 14.0. The first kappa shape index (κ1) is 19.6. The number of rotatable bonds is 13. The molecule has 2 atom stereocenters. The number of hydrogen-bond donors (Lipinski definition) is 1. The Hall–Kier alpha value is -0.480. The molecule has 1 N–H and O–H groups in total. The van der Waals surface area contributed by atoms with E-state index in [-0.39, 0.29) is 6.42 Å². The normalized spacial score (nSPS) is 21.7. The molecule has 0 aromatic carbocycles. The van der Waals surface area contributed by atoms with Gasteiger partial charge in [-0.05, 0) is 49.0 Å². The quantitative estimate of drug-likeness (QED) is 0.391. The summed E-state index contributed by atoms with van der Waals surface area (Å²) in [7, 11) is 0. The molecule has 1 saturated heterocycles. The molecule has 4 heteroatoms. The molecule has 1 rings (SSSR count). The lowest BCUT2D eigenvalue weighted by atomic mass is 9.93. The van der Waals surface area contributed by atoms with Gasteiger partial charge in [-0.3, -0.25) is 4.79 Å². The Bertz CT molecular complexity index is 317. The van der Waals surface area contributed by atoms with Crippen LogP contribution in [0.3, 0.4) is 0 Å². The number of unbranched alkanes of at least 4 members (excludes halogenated alkanes) is 4. The zero-order valence-corrected chi connectivity index (χ0v) is 14.8. The van der Waals surface area contributed by atoms with E-state index in [1.807, 2.05) is 11.8 Å². The summed E-state index contributed by atoms with van der Waals surface area (Å²) >= 11 is 2.04. The first-order chi connectivity index (χ1) is 10.7. The highest BCUT2D eigenvalue weighted by Crippen LogP contribution is 2.32. The third-order valence-corrected chi connectivity index (χ3v) is 5.50. The Balaban J connectivity index is 2.07. The Morgan fingerprint density at radius 1 is 1.18 bits per heavy atom. The fourth-order valence-corrected chi connectivity index (χ4v) is 4.23. The first-order valence-corrected chi connectivity index (χ1v) is 9.91. The zero-order chi connectivity index (χ0) is 16.0. The van der Waals surface area contributed by atoms with Crippen molar-refractivity contribution in [3.63, 3.8) is 0 Å². The Kier molecular flexibility index (Phi) is 11.6. The summed E-state index contributed by atoms with van der Waals surface area (Å²) in [6.45, 7) is 4.06. The number of carboxylic acids is 1. The van der Waals surface area contributed by atoms with Gasteiger partial charge < -0.3 is 9.84 Å². The van der Waals surface area contributed by atoms with Crippen molar-refractivity contribution >= 4 is 17.7 Å². The van der Waals surface area contributed by atoms with Gasteiger partial charge in [0, 0.05) is 13.0 Å². The lowest BCUT2D eigenvalue weighted by molar-refractivity contribution is -0.137. The van der Waals surface area contributed by atoms with Gasteiger partial charge in [0.2, 0.25) is 0 Å². The number of ether oxygens (including phenoxy) is 1. The van der Waals surface area contributed by atoms with Crippen LogP contribution in [0.15, 0.2) is 12.2 Å². The lowest BCUT2D eigenvalue weighted by Gasteiger charge is -2.17. The van der Waals surface area contributed by atoms with E-state index in [9.17, 15) is 4.79 Å². The molecule has 0 aromatic heterocycles. The van der Waals surface area contributed by atoms with Crippen molar-refractivity contribution in [3.8, 4) is 0 Å². The maximum absolute atomic E-state index is 10.4. The van der Waals surface area contributed by atoms with E-state index >= 15 is 0 Å². The van der Waals surface area contributed by atoms with E-state index in [0.29, 0.717) is 5.92 Å². The van der Waals surface area contributed by atoms with E-state index < -0.39 is 5.97 Å². The number of carboxylic acid groups (broad SMARTS) is 1. The molecule has 1 aliphatic heterocycles. The Labute approximate surface area is 139 Å². The van der Waals surface area contributed by atoms with Crippen molar-refractivity contribution in [2.75, 3.05) is 24.7 Å². The molecule has 0 amide bonds. The van der Waals surface area contributed by atoms with Crippen molar-refractivity contribution in [3.05, 3.63) is 12.2 Å². The smallest absolute Gasteiger partial charge is 0.303 e. The number of carbonyl (C=O) groups is 1. The molecule has 1 fully saturated rings. The van der Waals surface area contributed by atoms with Gasteiger partial charge in [-0.1, -0.05) is 38.3 Å². The van der Waals surface area contributed by atoms with Gasteiger partial charge in [0.05, 0.1) is 6.61 Å². The first-order valence-electron chi connectivity index (χ1n) is 8.76. The van der Waals surface area contributed by atoms with Gasteiger partial charge in [-0.2, -0.15) is 11.8 Å². The van der Waals surface area contributed by atoms with Gasteiger partial charge in [0.1, 0.15) is 0 Å². The van der Waals surface area contributed by atoms with E-state index in [0.717, 1.165) is 38.4 Å². The summed E-state index contributed by atoms with van der Waals surface area (Å²) in [5.74, 6) is 3.20. The van der Waals surface area contributed by atoms with E-state index in [1.165, 1.54) is 37.2 Å². The average Bonchev–Trinajstić information content (AvgIpc) is 2.93. The number of allylic oxidation sites excluding steroid dienone is 2. The van der Waals surface area contributed by atoms with Crippen LogP contribution in [0.2, 0.25) is 0 Å². The van der Waals surface area contributed by atoms with Crippen LogP contribution in [0.25, 0.3) is 0 Å². The summed E-state index contributed by atoms with van der Waals surface area (Å²) in [5, 5.41) is 8.59. The van der Waals surface area contributed by atoms with Gasteiger partial charge in [-0.15, -0.1) is 0 Å². The van der Waals surface area contributed by atoms with Crippen LogP contribution in [-0.4, -0.2) is 35.8 Å². The molecule has 1 aliphatic rings. The average molecular weight is 329 g/mol. The summed E-state index contributed by atoms with van der Waals surface area (Å²) < 4.78 is 5.86. The van der Waals surface area contributed by atoms with Crippen LogP contribution < -0.4 is 0 Å². The van der Waals surface area contributed by atoms with Crippen molar-refractivity contribution in [2.45, 2.75) is 58.3 Å². The highest BCUT2D eigenvalue weighted by molar-refractivity contribution is 7.99. The number of hydrogen-bond acceptors (Lipinski definition) is 3. The summed E-state index contributed by atoms with van der Waals surface area (Å²) in [4.78, 5) is 10.4. The molecule has 0 saturated carbocycles. The maximum Gasteiger partial charge on any atom is 0.303 e. The third kappa shape index (κ3) is 9.52.